The van der Waals surface area contributed by atoms with Gasteiger partial charge in [0.1, 0.15) is 17.5 Å². The number of methoxy groups -OCH3 is 2. The molecule has 0 saturated heterocycles. The van der Waals surface area contributed by atoms with E-state index in [1.54, 1.807) is 18.2 Å². The summed E-state index contributed by atoms with van der Waals surface area (Å²) >= 11 is 0. The number of ketones is 1. The Balaban J connectivity index is 2.07. The Morgan fingerprint density at radius 1 is 1.23 bits per heavy atom. The van der Waals surface area contributed by atoms with Gasteiger partial charge in [-0.3, -0.25) is 4.79 Å². The van der Waals surface area contributed by atoms with E-state index < -0.39 is 11.6 Å². The first kappa shape index (κ1) is 17.2. The molecule has 0 bridgehead atoms. The maximum absolute atomic E-state index is 13.3. The van der Waals surface area contributed by atoms with Crippen LogP contribution in [0.5, 0.6) is 11.5 Å². The summed E-state index contributed by atoms with van der Waals surface area (Å²) in [4.78, 5) is 15.7. The van der Waals surface area contributed by atoms with E-state index in [2.05, 4.69) is 4.98 Å². The molecule has 1 heterocycles. The van der Waals surface area contributed by atoms with Crippen molar-refractivity contribution >= 4 is 22.8 Å². The Morgan fingerprint density at radius 3 is 2.73 bits per heavy atom. The quantitative estimate of drug-likeness (QED) is 0.427. The Bertz CT molecular complexity index is 1060. The number of ether oxygens (including phenoxy) is 2. The van der Waals surface area contributed by atoms with E-state index in [4.69, 9.17) is 9.47 Å². The molecular weight excluding hydrogens is 335 g/mol. The van der Waals surface area contributed by atoms with Gasteiger partial charge in [0.2, 0.25) is 5.78 Å². The Kier molecular flexibility index (Phi) is 4.72. The number of H-pyrrole nitrogens is 1. The Hall–Kier alpha value is -3.59. The van der Waals surface area contributed by atoms with E-state index in [1.807, 2.05) is 6.07 Å². The zero-order chi connectivity index (χ0) is 18.7. The predicted molar refractivity (Wildman–Crippen MR) is 95.7 cm³/mol. The second-order valence-electron chi connectivity index (χ2n) is 5.47. The summed E-state index contributed by atoms with van der Waals surface area (Å²) in [5, 5.41) is 10.0. The fourth-order valence-electron chi connectivity index (χ4n) is 2.76. The zero-order valence-electron chi connectivity index (χ0n) is 14.2. The molecule has 0 amide bonds. The minimum atomic E-state index is -0.463. The van der Waals surface area contributed by atoms with Gasteiger partial charge in [0.05, 0.1) is 14.2 Å². The van der Waals surface area contributed by atoms with E-state index in [9.17, 15) is 14.4 Å². The summed E-state index contributed by atoms with van der Waals surface area (Å²) in [6.07, 6.45) is 2.92. The molecule has 2 aromatic carbocycles. The number of nitrogens with one attached hydrogen (secondary N) is 1. The number of rotatable bonds is 5. The third-order valence-corrected chi connectivity index (χ3v) is 3.99. The van der Waals surface area contributed by atoms with Gasteiger partial charge in [-0.05, 0) is 30.3 Å². The molecule has 1 N–H and O–H groups in total. The van der Waals surface area contributed by atoms with E-state index in [0.29, 0.717) is 33.5 Å². The number of fused-ring (bicyclic) bond motifs is 1. The van der Waals surface area contributed by atoms with Crippen LogP contribution in [0, 0.1) is 17.1 Å². The van der Waals surface area contributed by atoms with Crippen LogP contribution in [0.3, 0.4) is 0 Å². The number of benzene rings is 2. The molecule has 0 aliphatic carbocycles. The minimum Gasteiger partial charge on any atom is -0.493 e. The van der Waals surface area contributed by atoms with Crippen LogP contribution in [0.1, 0.15) is 15.9 Å². The molecule has 5 nitrogen and oxygen atoms in total. The highest BCUT2D eigenvalue weighted by atomic mass is 19.1. The maximum Gasteiger partial charge on any atom is 0.205 e. The Morgan fingerprint density at radius 2 is 2.04 bits per heavy atom. The lowest BCUT2D eigenvalue weighted by Gasteiger charge is -2.10. The molecule has 0 spiro atoms. The lowest BCUT2D eigenvalue weighted by Crippen LogP contribution is -2.02. The molecule has 0 aliphatic heterocycles. The molecule has 3 rings (SSSR count). The first-order valence-electron chi connectivity index (χ1n) is 7.73. The summed E-state index contributed by atoms with van der Waals surface area (Å²) in [7, 11) is 2.99. The van der Waals surface area contributed by atoms with E-state index >= 15 is 0 Å². The Labute approximate surface area is 149 Å². The van der Waals surface area contributed by atoms with Crippen molar-refractivity contribution < 1.29 is 18.7 Å². The number of hydrogen-bond donors (Lipinski definition) is 1. The monoisotopic (exact) mass is 350 g/mol. The molecule has 6 heteroatoms. The number of halogens is 1. The molecule has 0 atom stereocenters. The number of carbonyl (C=O) groups excluding carboxylic acids is 1. The number of hydrogen-bond acceptors (Lipinski definition) is 4. The number of Topliss-reactive ketones (excluding diaryl/α,β-unsaturated/α-hetero) is 1. The van der Waals surface area contributed by atoms with Crippen LogP contribution in [0.4, 0.5) is 4.39 Å². The molecule has 1 aromatic heterocycles. The lowest BCUT2D eigenvalue weighted by molar-refractivity contribution is 0.104. The second-order valence-corrected chi connectivity index (χ2v) is 5.47. The van der Waals surface area contributed by atoms with E-state index in [-0.39, 0.29) is 5.57 Å². The van der Waals surface area contributed by atoms with Crippen molar-refractivity contribution in [2.45, 2.75) is 0 Å². The van der Waals surface area contributed by atoms with Crippen molar-refractivity contribution in [2.75, 3.05) is 14.2 Å². The summed E-state index contributed by atoms with van der Waals surface area (Å²) in [6, 6.07) is 11.2. The van der Waals surface area contributed by atoms with Gasteiger partial charge in [0.25, 0.3) is 0 Å². The molecule has 0 saturated carbocycles. The first-order chi connectivity index (χ1) is 12.6. The molecule has 0 aliphatic rings. The number of para-hydroxylation sites is 1. The van der Waals surface area contributed by atoms with Gasteiger partial charge in [-0.15, -0.1) is 0 Å². The summed E-state index contributed by atoms with van der Waals surface area (Å²) in [5.74, 6) is 0.0517. The maximum atomic E-state index is 13.3. The number of nitriles is 1. The molecule has 0 unspecified atom stereocenters. The highest BCUT2D eigenvalue weighted by molar-refractivity contribution is 6.20. The van der Waals surface area contributed by atoms with Crippen molar-refractivity contribution in [2.24, 2.45) is 0 Å². The molecule has 3 aromatic rings. The highest BCUT2D eigenvalue weighted by Gasteiger charge is 2.18. The van der Waals surface area contributed by atoms with Gasteiger partial charge < -0.3 is 14.5 Å². The number of nitrogens with zero attached hydrogens (tertiary/aromatic N) is 1. The van der Waals surface area contributed by atoms with Gasteiger partial charge in [0, 0.05) is 28.2 Å². The van der Waals surface area contributed by atoms with Crippen molar-refractivity contribution in [1.82, 2.24) is 4.98 Å². The van der Waals surface area contributed by atoms with Gasteiger partial charge >= 0.3 is 0 Å². The van der Waals surface area contributed by atoms with Crippen molar-refractivity contribution in [3.8, 4) is 17.6 Å². The zero-order valence-corrected chi connectivity index (χ0v) is 14.2. The van der Waals surface area contributed by atoms with Crippen LogP contribution < -0.4 is 9.47 Å². The largest absolute Gasteiger partial charge is 0.493 e. The molecular formula is C20H15FN2O3. The van der Waals surface area contributed by atoms with E-state index in [1.165, 1.54) is 44.7 Å². The molecule has 0 radical (unpaired) electrons. The molecule has 26 heavy (non-hydrogen) atoms. The van der Waals surface area contributed by atoms with Crippen molar-refractivity contribution in [3.05, 3.63) is 65.1 Å². The fraction of sp³-hybridized carbons (Fsp3) is 0.100. The lowest BCUT2D eigenvalue weighted by atomic mass is 10.0. The highest BCUT2D eigenvalue weighted by Crippen LogP contribution is 2.32. The van der Waals surface area contributed by atoms with E-state index in [0.717, 1.165) is 0 Å². The minimum absolute atomic E-state index is 0.0678. The average Bonchev–Trinajstić information content (AvgIpc) is 3.07. The van der Waals surface area contributed by atoms with Crippen LogP contribution >= 0.6 is 0 Å². The average molecular weight is 350 g/mol. The number of carbonyl (C=O) groups is 1. The van der Waals surface area contributed by atoms with Crippen molar-refractivity contribution in [1.29, 1.82) is 5.26 Å². The number of aromatic amines is 1. The molecule has 0 fully saturated rings. The summed E-state index contributed by atoms with van der Waals surface area (Å²) in [6.45, 7) is 0. The summed E-state index contributed by atoms with van der Waals surface area (Å²) < 4.78 is 23.9. The van der Waals surface area contributed by atoms with Gasteiger partial charge in [-0.2, -0.15) is 5.26 Å². The fourth-order valence-corrected chi connectivity index (χ4v) is 2.76. The topological polar surface area (TPSA) is 75.1 Å². The number of aromatic nitrogens is 1. The smallest absolute Gasteiger partial charge is 0.205 e. The number of allylic oxidation sites excluding steroid dienone is 1. The van der Waals surface area contributed by atoms with Gasteiger partial charge in [-0.25, -0.2) is 4.39 Å². The summed E-state index contributed by atoms with van der Waals surface area (Å²) in [5.41, 5.74) is 1.27. The van der Waals surface area contributed by atoms with Crippen molar-refractivity contribution in [3.63, 3.8) is 0 Å². The predicted octanol–water partition coefficient (Wildman–Crippen LogP) is 4.11. The molecule has 130 valence electrons. The van der Waals surface area contributed by atoms with Gasteiger partial charge in [-0.1, -0.05) is 12.1 Å². The third-order valence-electron chi connectivity index (χ3n) is 3.99. The third kappa shape index (κ3) is 3.03. The first-order valence-corrected chi connectivity index (χ1v) is 7.73. The standard InChI is InChI=1S/C20H15FN2O3/c1-25-18-5-3-4-12(20(18)26-2)8-13(10-22)19(24)16-11-23-17-9-14(21)6-7-15(16)17/h3-9,11,23H,1-2H3/b13-8+. The van der Waals surface area contributed by atoms with Crippen LogP contribution in [-0.2, 0) is 0 Å². The normalized spacial score (nSPS) is 11.2. The van der Waals surface area contributed by atoms with Crippen LogP contribution in [0.25, 0.3) is 17.0 Å². The second kappa shape index (κ2) is 7.11. The van der Waals surface area contributed by atoms with Crippen LogP contribution in [0.15, 0.2) is 48.2 Å². The van der Waals surface area contributed by atoms with Crippen LogP contribution in [-0.4, -0.2) is 25.0 Å². The van der Waals surface area contributed by atoms with Gasteiger partial charge in [0.15, 0.2) is 11.5 Å². The SMILES string of the molecule is COc1cccc(/C=C(\C#N)C(=O)c2c[nH]c3cc(F)ccc23)c1OC. The van der Waals surface area contributed by atoms with Crippen LogP contribution in [0.2, 0.25) is 0 Å².